The molecule has 0 aliphatic heterocycles. The minimum absolute atomic E-state index is 0.239. The zero-order valence-corrected chi connectivity index (χ0v) is 9.35. The van der Waals surface area contributed by atoms with E-state index in [1.165, 1.54) is 7.11 Å². The molecule has 2 aromatic rings. The smallest absolute Gasteiger partial charge is 0.170 e. The second-order valence-corrected chi connectivity index (χ2v) is 3.38. The Bertz CT molecular complexity index is 490. The summed E-state index contributed by atoms with van der Waals surface area (Å²) in [5, 5.41) is 2.98. The van der Waals surface area contributed by atoms with Gasteiger partial charge in [-0.2, -0.15) is 0 Å². The molecule has 0 spiro atoms. The van der Waals surface area contributed by atoms with Crippen molar-refractivity contribution in [3.05, 3.63) is 48.2 Å². The van der Waals surface area contributed by atoms with E-state index in [-0.39, 0.29) is 11.6 Å². The van der Waals surface area contributed by atoms with Gasteiger partial charge in [-0.25, -0.2) is 9.37 Å². The number of aromatic nitrogens is 2. The maximum absolute atomic E-state index is 13.8. The molecular weight excluding hydrogens is 221 g/mol. The van der Waals surface area contributed by atoms with Crippen LogP contribution in [0.3, 0.4) is 0 Å². The molecule has 4 nitrogen and oxygen atoms in total. The maximum atomic E-state index is 13.8. The molecule has 0 aliphatic rings. The van der Waals surface area contributed by atoms with Gasteiger partial charge in [-0.1, -0.05) is 12.1 Å². The number of nitrogens with zero attached hydrogens (tertiary/aromatic N) is 2. The lowest BCUT2D eigenvalue weighted by molar-refractivity contribution is 0.384. The van der Waals surface area contributed by atoms with Crippen molar-refractivity contribution >= 4 is 5.82 Å². The van der Waals surface area contributed by atoms with Crippen molar-refractivity contribution in [2.75, 3.05) is 12.4 Å². The molecular formula is C12H12FN3O. The third-order valence-corrected chi connectivity index (χ3v) is 2.29. The second-order valence-electron chi connectivity index (χ2n) is 3.38. The van der Waals surface area contributed by atoms with Crippen molar-refractivity contribution in [3.63, 3.8) is 0 Å². The average Bonchev–Trinajstić information content (AvgIpc) is 2.39. The number of ether oxygens (including phenoxy) is 1. The largest absolute Gasteiger partial charge is 0.494 e. The van der Waals surface area contributed by atoms with Gasteiger partial charge in [-0.15, -0.1) is 0 Å². The molecule has 0 unspecified atom stereocenters. The van der Waals surface area contributed by atoms with E-state index in [4.69, 9.17) is 4.74 Å². The molecule has 5 heteroatoms. The number of nitrogens with one attached hydrogen (secondary N) is 1. The highest BCUT2D eigenvalue weighted by Gasteiger charge is 2.07. The number of hydrogen-bond donors (Lipinski definition) is 1. The Kier molecular flexibility index (Phi) is 3.49. The molecule has 0 fully saturated rings. The Morgan fingerprint density at radius 2 is 2.24 bits per heavy atom. The van der Waals surface area contributed by atoms with Gasteiger partial charge in [0.2, 0.25) is 0 Å². The summed E-state index contributed by atoms with van der Waals surface area (Å²) in [4.78, 5) is 7.95. The summed E-state index contributed by atoms with van der Waals surface area (Å²) in [5.74, 6) is 0.490. The molecule has 1 N–H and O–H groups in total. The van der Waals surface area contributed by atoms with Gasteiger partial charge in [0.25, 0.3) is 0 Å². The van der Waals surface area contributed by atoms with Gasteiger partial charge in [0.1, 0.15) is 5.82 Å². The highest BCUT2D eigenvalue weighted by molar-refractivity contribution is 5.36. The van der Waals surface area contributed by atoms with Crippen molar-refractivity contribution < 1.29 is 9.13 Å². The fraction of sp³-hybridized carbons (Fsp3) is 0.167. The van der Waals surface area contributed by atoms with Crippen molar-refractivity contribution in [1.29, 1.82) is 0 Å². The SMILES string of the molecule is COc1cccc(CNc2cnccn2)c1F. The van der Waals surface area contributed by atoms with E-state index >= 15 is 0 Å². The fourth-order valence-electron chi connectivity index (χ4n) is 1.43. The molecule has 2 rings (SSSR count). The van der Waals surface area contributed by atoms with Crippen molar-refractivity contribution in [3.8, 4) is 5.75 Å². The zero-order chi connectivity index (χ0) is 12.1. The van der Waals surface area contributed by atoms with Crippen LogP contribution in [0.4, 0.5) is 10.2 Å². The highest BCUT2D eigenvalue weighted by Crippen LogP contribution is 2.20. The van der Waals surface area contributed by atoms with Gasteiger partial charge in [-0.3, -0.25) is 4.98 Å². The van der Waals surface area contributed by atoms with E-state index in [0.29, 0.717) is 17.9 Å². The van der Waals surface area contributed by atoms with Crippen LogP contribution >= 0.6 is 0 Å². The summed E-state index contributed by atoms with van der Waals surface area (Å²) < 4.78 is 18.7. The molecule has 0 bridgehead atoms. The first-order valence-corrected chi connectivity index (χ1v) is 5.12. The van der Waals surface area contributed by atoms with Crippen molar-refractivity contribution in [2.45, 2.75) is 6.54 Å². The van der Waals surface area contributed by atoms with E-state index in [1.54, 1.807) is 36.8 Å². The first-order valence-electron chi connectivity index (χ1n) is 5.12. The summed E-state index contributed by atoms with van der Waals surface area (Å²) in [7, 11) is 1.44. The van der Waals surface area contributed by atoms with Gasteiger partial charge < -0.3 is 10.1 Å². The van der Waals surface area contributed by atoms with Gasteiger partial charge in [0, 0.05) is 24.5 Å². The van der Waals surface area contributed by atoms with Crippen LogP contribution in [-0.2, 0) is 6.54 Å². The lowest BCUT2D eigenvalue weighted by Crippen LogP contribution is -2.04. The summed E-state index contributed by atoms with van der Waals surface area (Å²) in [6.45, 7) is 0.335. The van der Waals surface area contributed by atoms with Crippen LogP contribution < -0.4 is 10.1 Å². The van der Waals surface area contributed by atoms with E-state index in [9.17, 15) is 4.39 Å². The molecule has 0 amide bonds. The number of benzene rings is 1. The highest BCUT2D eigenvalue weighted by atomic mass is 19.1. The first kappa shape index (κ1) is 11.3. The number of hydrogen-bond acceptors (Lipinski definition) is 4. The molecule has 0 saturated carbocycles. The lowest BCUT2D eigenvalue weighted by atomic mass is 10.2. The third kappa shape index (κ3) is 2.69. The van der Waals surface area contributed by atoms with Crippen LogP contribution in [0.1, 0.15) is 5.56 Å². The fourth-order valence-corrected chi connectivity index (χ4v) is 1.43. The molecule has 1 aromatic carbocycles. The summed E-state index contributed by atoms with van der Waals surface area (Å²) in [6, 6.07) is 5.03. The van der Waals surface area contributed by atoms with Crippen molar-refractivity contribution in [1.82, 2.24) is 9.97 Å². The molecule has 88 valence electrons. The molecule has 1 aromatic heterocycles. The minimum atomic E-state index is -0.355. The average molecular weight is 233 g/mol. The van der Waals surface area contributed by atoms with Gasteiger partial charge >= 0.3 is 0 Å². The van der Waals surface area contributed by atoms with E-state index in [0.717, 1.165) is 0 Å². The number of halogens is 1. The van der Waals surface area contributed by atoms with E-state index in [2.05, 4.69) is 15.3 Å². The summed E-state index contributed by atoms with van der Waals surface area (Å²) in [5.41, 5.74) is 0.523. The summed E-state index contributed by atoms with van der Waals surface area (Å²) >= 11 is 0. The molecule has 0 aliphatic carbocycles. The van der Waals surface area contributed by atoms with Gasteiger partial charge in [0.05, 0.1) is 13.3 Å². The number of anilines is 1. The molecule has 0 atom stereocenters. The zero-order valence-electron chi connectivity index (χ0n) is 9.35. The first-order chi connectivity index (χ1) is 8.31. The molecule has 0 radical (unpaired) electrons. The predicted molar refractivity (Wildman–Crippen MR) is 62.3 cm³/mol. The van der Waals surface area contributed by atoms with Gasteiger partial charge in [0.15, 0.2) is 11.6 Å². The number of rotatable bonds is 4. The Labute approximate surface area is 98.5 Å². The normalized spacial score (nSPS) is 10.0. The Hall–Kier alpha value is -2.17. The van der Waals surface area contributed by atoms with Crippen LogP contribution in [0.15, 0.2) is 36.8 Å². The van der Waals surface area contributed by atoms with Gasteiger partial charge in [-0.05, 0) is 6.07 Å². The monoisotopic (exact) mass is 233 g/mol. The Balaban J connectivity index is 2.09. The van der Waals surface area contributed by atoms with Crippen LogP contribution in [0, 0.1) is 5.82 Å². The van der Waals surface area contributed by atoms with E-state index < -0.39 is 0 Å². The lowest BCUT2D eigenvalue weighted by Gasteiger charge is -2.08. The quantitative estimate of drug-likeness (QED) is 0.879. The van der Waals surface area contributed by atoms with Crippen LogP contribution in [0.25, 0.3) is 0 Å². The Morgan fingerprint density at radius 3 is 2.94 bits per heavy atom. The second kappa shape index (κ2) is 5.25. The van der Waals surface area contributed by atoms with E-state index in [1.807, 2.05) is 0 Å². The van der Waals surface area contributed by atoms with Crippen molar-refractivity contribution in [2.24, 2.45) is 0 Å². The molecule has 17 heavy (non-hydrogen) atoms. The standard InChI is InChI=1S/C12H12FN3O/c1-17-10-4-2-3-9(12(10)13)7-16-11-8-14-5-6-15-11/h2-6,8H,7H2,1H3,(H,15,16). The van der Waals surface area contributed by atoms with Crippen LogP contribution in [0.2, 0.25) is 0 Å². The third-order valence-electron chi connectivity index (χ3n) is 2.29. The van der Waals surface area contributed by atoms with Crippen LogP contribution in [-0.4, -0.2) is 17.1 Å². The minimum Gasteiger partial charge on any atom is -0.494 e. The molecule has 0 saturated heterocycles. The maximum Gasteiger partial charge on any atom is 0.170 e. The molecule has 1 heterocycles. The predicted octanol–water partition coefficient (Wildman–Crippen LogP) is 2.24. The Morgan fingerprint density at radius 1 is 1.35 bits per heavy atom. The summed E-state index contributed by atoms with van der Waals surface area (Å²) in [6.07, 6.45) is 4.74. The van der Waals surface area contributed by atoms with Crippen LogP contribution in [0.5, 0.6) is 5.75 Å². The topological polar surface area (TPSA) is 47.0 Å². The number of methoxy groups -OCH3 is 1.